The topological polar surface area (TPSA) is 64.9 Å². The van der Waals surface area contributed by atoms with Gasteiger partial charge in [0.25, 0.3) is 0 Å². The molecule has 2 rings (SSSR count). The summed E-state index contributed by atoms with van der Waals surface area (Å²) in [6, 6.07) is 7.66. The molecular formula is C10H11N3S. The van der Waals surface area contributed by atoms with Gasteiger partial charge in [-0.2, -0.15) is 0 Å². The van der Waals surface area contributed by atoms with E-state index < -0.39 is 0 Å². The van der Waals surface area contributed by atoms with Gasteiger partial charge in [-0.1, -0.05) is 12.1 Å². The van der Waals surface area contributed by atoms with E-state index in [1.165, 1.54) is 11.3 Å². The summed E-state index contributed by atoms with van der Waals surface area (Å²) in [5, 5.41) is 0.597. The largest absolute Gasteiger partial charge is 0.399 e. The maximum absolute atomic E-state index is 5.70. The molecule has 0 aliphatic heterocycles. The van der Waals surface area contributed by atoms with E-state index in [0.29, 0.717) is 5.13 Å². The fourth-order valence-corrected chi connectivity index (χ4v) is 2.08. The van der Waals surface area contributed by atoms with E-state index in [-0.39, 0.29) is 0 Å². The predicted molar refractivity (Wildman–Crippen MR) is 61.1 cm³/mol. The first kappa shape index (κ1) is 9.02. The van der Waals surface area contributed by atoms with Gasteiger partial charge in [-0.3, -0.25) is 0 Å². The summed E-state index contributed by atoms with van der Waals surface area (Å²) in [4.78, 5) is 5.38. The van der Waals surface area contributed by atoms with Crippen LogP contribution in [0.1, 0.15) is 4.88 Å². The predicted octanol–water partition coefficient (Wildman–Crippen LogP) is 2.28. The fourth-order valence-electron chi connectivity index (χ4n) is 1.37. The van der Waals surface area contributed by atoms with Crippen molar-refractivity contribution in [3.63, 3.8) is 0 Å². The summed E-state index contributed by atoms with van der Waals surface area (Å²) in [7, 11) is 0. The first-order valence-corrected chi connectivity index (χ1v) is 5.07. The minimum Gasteiger partial charge on any atom is -0.399 e. The molecule has 0 aliphatic carbocycles. The Morgan fingerprint density at radius 1 is 1.29 bits per heavy atom. The molecule has 1 aromatic heterocycles. The van der Waals surface area contributed by atoms with Crippen molar-refractivity contribution < 1.29 is 0 Å². The Morgan fingerprint density at radius 3 is 2.64 bits per heavy atom. The molecule has 0 aliphatic rings. The molecule has 0 atom stereocenters. The molecule has 2 aromatic rings. The van der Waals surface area contributed by atoms with E-state index in [1.807, 2.05) is 31.2 Å². The van der Waals surface area contributed by atoms with Crippen LogP contribution < -0.4 is 11.5 Å². The van der Waals surface area contributed by atoms with E-state index in [4.69, 9.17) is 11.5 Å². The van der Waals surface area contributed by atoms with Crippen LogP contribution >= 0.6 is 11.3 Å². The highest BCUT2D eigenvalue weighted by Gasteiger charge is 2.07. The zero-order valence-electron chi connectivity index (χ0n) is 7.82. The molecule has 4 N–H and O–H groups in total. The number of rotatable bonds is 1. The standard InChI is InChI=1S/C10H11N3S/c1-6-9(13-10(12)14-6)7-3-2-4-8(11)5-7/h2-5H,11H2,1H3,(H2,12,13). The van der Waals surface area contributed by atoms with Crippen LogP contribution in [0.25, 0.3) is 11.3 Å². The molecular weight excluding hydrogens is 194 g/mol. The van der Waals surface area contributed by atoms with E-state index in [2.05, 4.69) is 4.98 Å². The van der Waals surface area contributed by atoms with E-state index >= 15 is 0 Å². The number of nitrogen functional groups attached to an aromatic ring is 2. The molecule has 0 fully saturated rings. The number of hydrogen-bond acceptors (Lipinski definition) is 4. The summed E-state index contributed by atoms with van der Waals surface area (Å²) in [5.74, 6) is 0. The fraction of sp³-hybridized carbons (Fsp3) is 0.100. The molecule has 72 valence electrons. The average Bonchev–Trinajstić information content (AvgIpc) is 2.45. The molecule has 1 aromatic carbocycles. The summed E-state index contributed by atoms with van der Waals surface area (Å²) in [5.41, 5.74) is 14.0. The summed E-state index contributed by atoms with van der Waals surface area (Å²) < 4.78 is 0. The third-order valence-corrected chi connectivity index (χ3v) is 2.77. The Balaban J connectivity index is 2.54. The third kappa shape index (κ3) is 1.56. The highest BCUT2D eigenvalue weighted by molar-refractivity contribution is 7.15. The van der Waals surface area contributed by atoms with Crippen LogP contribution in [0.2, 0.25) is 0 Å². The second kappa shape index (κ2) is 3.31. The summed E-state index contributed by atoms with van der Waals surface area (Å²) >= 11 is 1.50. The maximum atomic E-state index is 5.70. The van der Waals surface area contributed by atoms with Crippen molar-refractivity contribution in [2.24, 2.45) is 0 Å². The summed E-state index contributed by atoms with van der Waals surface area (Å²) in [6.45, 7) is 2.01. The molecule has 0 radical (unpaired) electrons. The Bertz CT molecular complexity index is 462. The molecule has 3 nitrogen and oxygen atoms in total. The quantitative estimate of drug-likeness (QED) is 0.702. The van der Waals surface area contributed by atoms with Crippen LogP contribution in [0, 0.1) is 6.92 Å². The number of nitrogens with two attached hydrogens (primary N) is 2. The van der Waals surface area contributed by atoms with Crippen molar-refractivity contribution in [2.75, 3.05) is 11.5 Å². The monoisotopic (exact) mass is 205 g/mol. The van der Waals surface area contributed by atoms with Crippen molar-refractivity contribution in [1.29, 1.82) is 0 Å². The third-order valence-electron chi connectivity index (χ3n) is 1.97. The Labute approximate surface area is 86.4 Å². The van der Waals surface area contributed by atoms with Gasteiger partial charge in [-0.05, 0) is 19.1 Å². The summed E-state index contributed by atoms with van der Waals surface area (Å²) in [6.07, 6.45) is 0. The van der Waals surface area contributed by atoms with Gasteiger partial charge in [0.1, 0.15) is 0 Å². The first-order valence-electron chi connectivity index (χ1n) is 4.25. The number of thiazole rings is 1. The molecule has 0 saturated heterocycles. The lowest BCUT2D eigenvalue weighted by Gasteiger charge is -1.99. The van der Waals surface area contributed by atoms with Crippen molar-refractivity contribution in [2.45, 2.75) is 6.92 Å². The minimum atomic E-state index is 0.597. The van der Waals surface area contributed by atoms with Crippen LogP contribution in [0.4, 0.5) is 10.8 Å². The molecule has 0 spiro atoms. The van der Waals surface area contributed by atoms with Crippen LogP contribution in [0.3, 0.4) is 0 Å². The van der Waals surface area contributed by atoms with E-state index in [0.717, 1.165) is 21.8 Å². The normalized spacial score (nSPS) is 10.4. The zero-order valence-corrected chi connectivity index (χ0v) is 8.64. The molecule has 1 heterocycles. The van der Waals surface area contributed by atoms with Crippen molar-refractivity contribution in [3.8, 4) is 11.3 Å². The van der Waals surface area contributed by atoms with Crippen LogP contribution in [-0.2, 0) is 0 Å². The van der Waals surface area contributed by atoms with Gasteiger partial charge >= 0.3 is 0 Å². The Morgan fingerprint density at radius 2 is 2.07 bits per heavy atom. The van der Waals surface area contributed by atoms with Gasteiger partial charge in [0.2, 0.25) is 0 Å². The molecule has 0 unspecified atom stereocenters. The second-order valence-electron chi connectivity index (χ2n) is 3.08. The van der Waals surface area contributed by atoms with Gasteiger partial charge < -0.3 is 11.5 Å². The molecule has 14 heavy (non-hydrogen) atoms. The number of hydrogen-bond donors (Lipinski definition) is 2. The van der Waals surface area contributed by atoms with Gasteiger partial charge in [-0.25, -0.2) is 4.98 Å². The number of nitrogens with zero attached hydrogens (tertiary/aromatic N) is 1. The highest BCUT2D eigenvalue weighted by Crippen LogP contribution is 2.29. The molecule has 0 saturated carbocycles. The van der Waals surface area contributed by atoms with Gasteiger partial charge in [0.05, 0.1) is 5.69 Å². The van der Waals surface area contributed by atoms with Crippen molar-refractivity contribution in [1.82, 2.24) is 4.98 Å². The van der Waals surface area contributed by atoms with Gasteiger partial charge in [0.15, 0.2) is 5.13 Å². The zero-order chi connectivity index (χ0) is 10.1. The van der Waals surface area contributed by atoms with Crippen LogP contribution in [0.15, 0.2) is 24.3 Å². The van der Waals surface area contributed by atoms with E-state index in [9.17, 15) is 0 Å². The smallest absolute Gasteiger partial charge is 0.180 e. The van der Waals surface area contributed by atoms with Gasteiger partial charge in [-0.15, -0.1) is 11.3 Å². The lowest BCUT2D eigenvalue weighted by atomic mass is 10.1. The minimum absolute atomic E-state index is 0.597. The number of benzene rings is 1. The van der Waals surface area contributed by atoms with Gasteiger partial charge in [0, 0.05) is 16.1 Å². The lowest BCUT2D eigenvalue weighted by Crippen LogP contribution is -1.87. The number of aryl methyl sites for hydroxylation is 1. The Hall–Kier alpha value is -1.55. The SMILES string of the molecule is Cc1sc(N)nc1-c1cccc(N)c1. The average molecular weight is 205 g/mol. The first-order chi connectivity index (χ1) is 6.66. The Kier molecular flexibility index (Phi) is 2.13. The molecule has 0 amide bonds. The number of aromatic nitrogens is 1. The second-order valence-corrected chi connectivity index (χ2v) is 4.32. The van der Waals surface area contributed by atoms with E-state index in [1.54, 1.807) is 0 Å². The van der Waals surface area contributed by atoms with Crippen LogP contribution in [-0.4, -0.2) is 4.98 Å². The van der Waals surface area contributed by atoms with Crippen molar-refractivity contribution >= 4 is 22.2 Å². The highest BCUT2D eigenvalue weighted by atomic mass is 32.1. The number of anilines is 2. The lowest BCUT2D eigenvalue weighted by molar-refractivity contribution is 1.38. The van der Waals surface area contributed by atoms with Crippen LogP contribution in [0.5, 0.6) is 0 Å². The van der Waals surface area contributed by atoms with Crippen molar-refractivity contribution in [3.05, 3.63) is 29.1 Å². The molecule has 4 heteroatoms. The maximum Gasteiger partial charge on any atom is 0.180 e. The molecule has 0 bridgehead atoms.